The Morgan fingerprint density at radius 1 is 1.12 bits per heavy atom. The summed E-state index contributed by atoms with van der Waals surface area (Å²) in [4.78, 5) is 44.0. The molecular formula is C31H39N3O5S. The molecule has 40 heavy (non-hydrogen) atoms. The molecule has 3 N–H and O–H groups in total. The molecule has 214 valence electrons. The van der Waals surface area contributed by atoms with Crippen LogP contribution < -0.4 is 15.4 Å². The Morgan fingerprint density at radius 2 is 1.82 bits per heavy atom. The van der Waals surface area contributed by atoms with Crippen LogP contribution in [0.25, 0.3) is 0 Å². The number of ether oxygens (including phenoxy) is 1. The van der Waals surface area contributed by atoms with Gasteiger partial charge in [-0.3, -0.25) is 14.4 Å². The highest BCUT2D eigenvalue weighted by Gasteiger charge is 2.77. The predicted octanol–water partition coefficient (Wildman–Crippen LogP) is 3.84. The van der Waals surface area contributed by atoms with E-state index < -0.39 is 33.4 Å². The van der Waals surface area contributed by atoms with Crippen molar-refractivity contribution >= 4 is 35.2 Å². The van der Waals surface area contributed by atoms with Crippen molar-refractivity contribution in [2.75, 3.05) is 19.0 Å². The molecule has 9 heteroatoms. The van der Waals surface area contributed by atoms with Gasteiger partial charge < -0.3 is 25.4 Å². The molecule has 2 unspecified atom stereocenters. The Balaban J connectivity index is 1.50. The first-order valence-corrected chi connectivity index (χ1v) is 14.9. The number of hydrogen-bond acceptors (Lipinski definition) is 6. The van der Waals surface area contributed by atoms with Crippen LogP contribution in [0.2, 0.25) is 0 Å². The summed E-state index contributed by atoms with van der Waals surface area (Å²) in [7, 11) is 1.58. The van der Waals surface area contributed by atoms with E-state index in [0.717, 1.165) is 18.4 Å². The quantitative estimate of drug-likeness (QED) is 0.404. The smallest absolute Gasteiger partial charge is 0.248 e. The third-order valence-corrected chi connectivity index (χ3v) is 11.2. The highest BCUT2D eigenvalue weighted by molar-refractivity contribution is 8.02. The molecule has 2 bridgehead atoms. The number of anilines is 1. The SMILES string of the molecule is CC[C@H](C)[C@H](CO)N1C(=O)[C@@H]2[C@@H](C(=O)NCc3ccccc3)[C@@]3(C)CCC2(S3)C1C(=O)Nc1ccc(OC)cc1. The van der Waals surface area contributed by atoms with Gasteiger partial charge >= 0.3 is 0 Å². The Bertz CT molecular complexity index is 1260. The van der Waals surface area contributed by atoms with E-state index in [1.165, 1.54) is 0 Å². The third-order valence-electron chi connectivity index (χ3n) is 9.26. The number of likely N-dealkylation sites (tertiary alicyclic amines) is 1. The first-order valence-electron chi connectivity index (χ1n) is 14.1. The summed E-state index contributed by atoms with van der Waals surface area (Å²) in [6.45, 7) is 6.20. The Kier molecular flexibility index (Phi) is 7.90. The first-order chi connectivity index (χ1) is 19.2. The van der Waals surface area contributed by atoms with Crippen LogP contribution in [0, 0.1) is 17.8 Å². The van der Waals surface area contributed by atoms with Crippen LogP contribution in [-0.4, -0.2) is 63.0 Å². The zero-order chi connectivity index (χ0) is 28.7. The van der Waals surface area contributed by atoms with Crippen molar-refractivity contribution in [1.82, 2.24) is 10.2 Å². The number of aliphatic hydroxyl groups excluding tert-OH is 1. The fourth-order valence-electron chi connectivity index (χ4n) is 7.02. The van der Waals surface area contributed by atoms with Crippen molar-refractivity contribution in [3.05, 3.63) is 60.2 Å². The summed E-state index contributed by atoms with van der Waals surface area (Å²) in [5, 5.41) is 16.6. The average Bonchev–Trinajstić information content (AvgIpc) is 3.53. The van der Waals surface area contributed by atoms with Crippen LogP contribution >= 0.6 is 11.8 Å². The normalized spacial score (nSPS) is 30.1. The summed E-state index contributed by atoms with van der Waals surface area (Å²) in [6, 6.07) is 15.5. The summed E-state index contributed by atoms with van der Waals surface area (Å²) < 4.78 is 4.03. The number of thioether (sulfide) groups is 1. The van der Waals surface area contributed by atoms with Crippen LogP contribution in [0.1, 0.15) is 45.6 Å². The maximum atomic E-state index is 14.4. The van der Waals surface area contributed by atoms with E-state index in [9.17, 15) is 19.5 Å². The number of fused-ring (bicyclic) bond motifs is 1. The summed E-state index contributed by atoms with van der Waals surface area (Å²) in [5.41, 5.74) is 1.59. The van der Waals surface area contributed by atoms with Crippen LogP contribution in [-0.2, 0) is 20.9 Å². The molecule has 0 aliphatic carbocycles. The molecule has 3 amide bonds. The lowest BCUT2D eigenvalue weighted by Gasteiger charge is -2.39. The minimum atomic E-state index is -0.808. The van der Waals surface area contributed by atoms with E-state index in [-0.39, 0.29) is 30.2 Å². The topological polar surface area (TPSA) is 108 Å². The zero-order valence-electron chi connectivity index (χ0n) is 23.6. The standard InChI is InChI=1S/C31H39N3O5S/c1-5-19(2)23(18-35)34-26(28(37)33-21-11-13-22(39-4)14-12-21)31-16-15-30(3,40-31)24(25(31)29(34)38)27(36)32-17-20-9-7-6-8-10-20/h6-14,19,23-26,35H,5,15-18H2,1-4H3,(H,32,36)(H,33,37)/t19-,23-,24-,25-,26?,30+,31?/m0/s1. The molecule has 3 aliphatic heterocycles. The molecule has 0 saturated carbocycles. The van der Waals surface area contributed by atoms with Gasteiger partial charge in [-0.15, -0.1) is 11.8 Å². The highest BCUT2D eigenvalue weighted by Crippen LogP contribution is 2.71. The van der Waals surface area contributed by atoms with Crippen LogP contribution in [0.15, 0.2) is 54.6 Å². The van der Waals surface area contributed by atoms with E-state index in [2.05, 4.69) is 17.6 Å². The van der Waals surface area contributed by atoms with Gasteiger partial charge in [0.1, 0.15) is 11.8 Å². The second-order valence-corrected chi connectivity index (χ2v) is 13.4. The first kappa shape index (κ1) is 28.5. The van der Waals surface area contributed by atoms with E-state index in [4.69, 9.17) is 4.74 Å². The van der Waals surface area contributed by atoms with Gasteiger partial charge in [0, 0.05) is 17.0 Å². The number of benzene rings is 2. The van der Waals surface area contributed by atoms with Gasteiger partial charge in [-0.05, 0) is 55.5 Å². The zero-order valence-corrected chi connectivity index (χ0v) is 24.4. The van der Waals surface area contributed by atoms with Gasteiger partial charge in [0.2, 0.25) is 17.7 Å². The molecule has 2 aromatic rings. The van der Waals surface area contributed by atoms with Crippen LogP contribution in [0.4, 0.5) is 5.69 Å². The van der Waals surface area contributed by atoms with Crippen molar-refractivity contribution in [3.8, 4) is 5.75 Å². The fraction of sp³-hybridized carbons (Fsp3) is 0.516. The second-order valence-electron chi connectivity index (χ2n) is 11.5. The van der Waals surface area contributed by atoms with Crippen LogP contribution in [0.5, 0.6) is 5.75 Å². The maximum absolute atomic E-state index is 14.4. The lowest BCUT2D eigenvalue weighted by molar-refractivity contribution is -0.143. The molecule has 5 rings (SSSR count). The Morgan fingerprint density at radius 3 is 2.45 bits per heavy atom. The molecule has 7 atom stereocenters. The largest absolute Gasteiger partial charge is 0.497 e. The lowest BCUT2D eigenvalue weighted by atomic mass is 9.66. The number of carbonyl (C=O) groups excluding carboxylic acids is 3. The highest BCUT2D eigenvalue weighted by atomic mass is 32.2. The average molecular weight is 566 g/mol. The van der Waals surface area contributed by atoms with Gasteiger partial charge in [-0.1, -0.05) is 50.6 Å². The summed E-state index contributed by atoms with van der Waals surface area (Å²) in [5.74, 6) is -1.21. The molecule has 3 saturated heterocycles. The summed E-state index contributed by atoms with van der Waals surface area (Å²) >= 11 is 1.63. The van der Waals surface area contributed by atoms with Gasteiger partial charge in [-0.25, -0.2) is 0 Å². The van der Waals surface area contributed by atoms with Crippen LogP contribution in [0.3, 0.4) is 0 Å². The number of nitrogens with zero attached hydrogens (tertiary/aromatic N) is 1. The molecule has 3 heterocycles. The van der Waals surface area contributed by atoms with E-state index in [0.29, 0.717) is 24.4 Å². The molecule has 2 aromatic carbocycles. The molecule has 0 radical (unpaired) electrons. The third kappa shape index (κ3) is 4.67. The molecular weight excluding hydrogens is 526 g/mol. The predicted molar refractivity (Wildman–Crippen MR) is 156 cm³/mol. The number of amides is 3. The van der Waals surface area contributed by atoms with Gasteiger partial charge in [-0.2, -0.15) is 0 Å². The molecule has 3 aliphatic rings. The van der Waals surface area contributed by atoms with Crippen molar-refractivity contribution in [2.24, 2.45) is 17.8 Å². The molecule has 1 spiro atoms. The summed E-state index contributed by atoms with van der Waals surface area (Å²) in [6.07, 6.45) is 2.13. The minimum absolute atomic E-state index is 0.0244. The van der Waals surface area contributed by atoms with Crippen molar-refractivity contribution in [3.63, 3.8) is 0 Å². The molecule has 0 aromatic heterocycles. The van der Waals surface area contributed by atoms with Gasteiger partial charge in [0.05, 0.1) is 36.3 Å². The number of carbonyl (C=O) groups is 3. The molecule has 8 nitrogen and oxygen atoms in total. The van der Waals surface area contributed by atoms with Crippen molar-refractivity contribution in [2.45, 2.75) is 68.2 Å². The van der Waals surface area contributed by atoms with Crippen molar-refractivity contribution < 1.29 is 24.2 Å². The van der Waals surface area contributed by atoms with Gasteiger partial charge in [0.25, 0.3) is 0 Å². The maximum Gasteiger partial charge on any atom is 0.248 e. The number of nitrogens with one attached hydrogen (secondary N) is 2. The monoisotopic (exact) mass is 565 g/mol. The fourth-order valence-corrected chi connectivity index (χ4v) is 9.36. The number of hydrogen-bond donors (Lipinski definition) is 3. The van der Waals surface area contributed by atoms with E-state index in [1.54, 1.807) is 48.0 Å². The van der Waals surface area contributed by atoms with Gasteiger partial charge in [0.15, 0.2) is 0 Å². The van der Waals surface area contributed by atoms with E-state index >= 15 is 0 Å². The molecule has 3 fully saturated rings. The Labute approximate surface area is 240 Å². The van der Waals surface area contributed by atoms with E-state index in [1.807, 2.05) is 44.2 Å². The second kappa shape index (κ2) is 11.1. The van der Waals surface area contributed by atoms with Crippen molar-refractivity contribution in [1.29, 1.82) is 0 Å². The number of rotatable bonds is 10. The number of methoxy groups -OCH3 is 1. The number of aliphatic hydroxyl groups is 1. The lowest BCUT2D eigenvalue weighted by Crippen LogP contribution is -2.56. The Hall–Kier alpha value is -3.04. The minimum Gasteiger partial charge on any atom is -0.497 e.